The quantitative estimate of drug-likeness (QED) is 0.780. The minimum absolute atomic E-state index is 0.663. The molecule has 0 atom stereocenters. The van der Waals surface area contributed by atoms with Gasteiger partial charge in [0.15, 0.2) is 0 Å². The average Bonchev–Trinajstić information content (AvgIpc) is 2.40. The largest absolute Gasteiger partial charge is 0.259 e. The van der Waals surface area contributed by atoms with Crippen molar-refractivity contribution in [3.8, 4) is 6.07 Å². The summed E-state index contributed by atoms with van der Waals surface area (Å²) in [6.45, 7) is 3.97. The average molecular weight is 254 g/mol. The highest BCUT2D eigenvalue weighted by Gasteiger charge is 2.09. The Balaban J connectivity index is 2.22. The maximum Gasteiger partial charge on any atom is 0.101 e. The van der Waals surface area contributed by atoms with Crippen molar-refractivity contribution in [2.45, 2.75) is 24.5 Å². The van der Waals surface area contributed by atoms with Crippen LogP contribution in [0.2, 0.25) is 0 Å². The summed E-state index contributed by atoms with van der Waals surface area (Å²) in [7, 11) is 0. The molecule has 1 aromatic heterocycles. The van der Waals surface area contributed by atoms with Crippen LogP contribution >= 0.6 is 11.8 Å². The molecule has 0 bridgehead atoms. The lowest BCUT2D eigenvalue weighted by Gasteiger charge is -2.09. The van der Waals surface area contributed by atoms with Gasteiger partial charge in [0.25, 0.3) is 0 Å². The number of nitrogens with zero attached hydrogens (tertiary/aromatic N) is 2. The summed E-state index contributed by atoms with van der Waals surface area (Å²) in [5.74, 6) is 0.902. The van der Waals surface area contributed by atoms with Crippen molar-refractivity contribution in [1.82, 2.24) is 4.98 Å². The fourth-order valence-electron chi connectivity index (χ4n) is 1.77. The standard InChI is InChI=1S/C15H14N2S/c1-11-14(8-16)9-17-12(2)15(11)18-10-13-6-4-3-5-7-13/h3-7,9H,10H2,1-2H3. The third-order valence-corrected chi connectivity index (χ3v) is 4.17. The Hall–Kier alpha value is -1.79. The molecule has 0 fully saturated rings. The highest BCUT2D eigenvalue weighted by atomic mass is 32.2. The van der Waals surface area contributed by atoms with Gasteiger partial charge in [-0.25, -0.2) is 0 Å². The molecule has 2 nitrogen and oxygen atoms in total. The van der Waals surface area contributed by atoms with Gasteiger partial charge in [0.1, 0.15) is 6.07 Å². The van der Waals surface area contributed by atoms with Crippen LogP contribution in [-0.2, 0) is 5.75 Å². The molecule has 3 heteroatoms. The van der Waals surface area contributed by atoms with E-state index in [4.69, 9.17) is 5.26 Å². The monoisotopic (exact) mass is 254 g/mol. The molecule has 0 aliphatic carbocycles. The predicted molar refractivity (Wildman–Crippen MR) is 74.4 cm³/mol. The van der Waals surface area contributed by atoms with E-state index in [2.05, 4.69) is 23.2 Å². The van der Waals surface area contributed by atoms with Crippen molar-refractivity contribution in [3.05, 3.63) is 58.9 Å². The topological polar surface area (TPSA) is 36.7 Å². The van der Waals surface area contributed by atoms with E-state index in [9.17, 15) is 0 Å². The number of hydrogen-bond acceptors (Lipinski definition) is 3. The van der Waals surface area contributed by atoms with Gasteiger partial charge in [0.05, 0.1) is 11.3 Å². The maximum atomic E-state index is 9.02. The van der Waals surface area contributed by atoms with E-state index in [0.29, 0.717) is 5.56 Å². The van der Waals surface area contributed by atoms with Gasteiger partial charge in [-0.05, 0) is 25.0 Å². The SMILES string of the molecule is Cc1ncc(C#N)c(C)c1SCc1ccccc1. The van der Waals surface area contributed by atoms with Gasteiger partial charge in [0, 0.05) is 16.8 Å². The van der Waals surface area contributed by atoms with Crippen molar-refractivity contribution in [2.24, 2.45) is 0 Å². The number of nitriles is 1. The van der Waals surface area contributed by atoms with E-state index in [1.54, 1.807) is 18.0 Å². The molecule has 0 N–H and O–H groups in total. The van der Waals surface area contributed by atoms with Crippen LogP contribution in [0.3, 0.4) is 0 Å². The second-order valence-electron chi connectivity index (χ2n) is 4.10. The molecule has 0 spiro atoms. The molecule has 0 aliphatic heterocycles. The van der Waals surface area contributed by atoms with Crippen LogP contribution in [-0.4, -0.2) is 4.98 Å². The van der Waals surface area contributed by atoms with Gasteiger partial charge in [-0.15, -0.1) is 11.8 Å². The van der Waals surface area contributed by atoms with Gasteiger partial charge in [-0.1, -0.05) is 30.3 Å². The summed E-state index contributed by atoms with van der Waals surface area (Å²) >= 11 is 1.74. The van der Waals surface area contributed by atoms with Crippen LogP contribution in [0.5, 0.6) is 0 Å². The molecule has 0 radical (unpaired) electrons. The Labute approximate surface area is 112 Å². The summed E-state index contributed by atoms with van der Waals surface area (Å²) in [6.07, 6.45) is 1.65. The van der Waals surface area contributed by atoms with Gasteiger partial charge in [-0.3, -0.25) is 4.98 Å². The minimum atomic E-state index is 0.663. The summed E-state index contributed by atoms with van der Waals surface area (Å²) in [5, 5.41) is 9.02. The second-order valence-corrected chi connectivity index (χ2v) is 5.08. The summed E-state index contributed by atoms with van der Waals surface area (Å²) < 4.78 is 0. The third kappa shape index (κ3) is 2.72. The van der Waals surface area contributed by atoms with Crippen LogP contribution in [0.15, 0.2) is 41.4 Å². The molecule has 0 unspecified atom stereocenters. The molecule has 0 saturated heterocycles. The van der Waals surface area contributed by atoms with Gasteiger partial charge >= 0.3 is 0 Å². The van der Waals surface area contributed by atoms with E-state index in [-0.39, 0.29) is 0 Å². The number of benzene rings is 1. The lowest BCUT2D eigenvalue weighted by atomic mass is 10.1. The van der Waals surface area contributed by atoms with Crippen molar-refractivity contribution in [3.63, 3.8) is 0 Å². The Bertz CT molecular complexity index is 585. The molecule has 18 heavy (non-hydrogen) atoms. The molecule has 2 rings (SSSR count). The molecular formula is C15H14N2S. The van der Waals surface area contributed by atoms with E-state index >= 15 is 0 Å². The lowest BCUT2D eigenvalue weighted by molar-refractivity contribution is 1.06. The number of aromatic nitrogens is 1. The molecule has 0 aliphatic rings. The molecule has 2 aromatic rings. The first-order valence-electron chi connectivity index (χ1n) is 5.75. The Morgan fingerprint density at radius 1 is 1.22 bits per heavy atom. The molecule has 1 aromatic carbocycles. The first kappa shape index (κ1) is 12.7. The number of rotatable bonds is 3. The molecule has 0 saturated carbocycles. The molecule has 1 heterocycles. The van der Waals surface area contributed by atoms with Crippen molar-refractivity contribution in [2.75, 3.05) is 0 Å². The van der Waals surface area contributed by atoms with Crippen LogP contribution < -0.4 is 0 Å². The Kier molecular flexibility index (Phi) is 4.01. The number of aryl methyl sites for hydroxylation is 1. The van der Waals surface area contributed by atoms with E-state index in [0.717, 1.165) is 21.9 Å². The summed E-state index contributed by atoms with van der Waals surface area (Å²) in [5.41, 5.74) is 3.97. The zero-order valence-corrected chi connectivity index (χ0v) is 11.3. The highest BCUT2D eigenvalue weighted by Crippen LogP contribution is 2.29. The summed E-state index contributed by atoms with van der Waals surface area (Å²) in [6, 6.07) is 12.5. The fraction of sp³-hybridized carbons (Fsp3) is 0.200. The van der Waals surface area contributed by atoms with Gasteiger partial charge < -0.3 is 0 Å². The van der Waals surface area contributed by atoms with E-state index in [1.165, 1.54) is 5.56 Å². The summed E-state index contributed by atoms with van der Waals surface area (Å²) in [4.78, 5) is 5.40. The first-order chi connectivity index (χ1) is 8.72. The number of pyridine rings is 1. The second kappa shape index (κ2) is 5.70. The predicted octanol–water partition coefficient (Wildman–Crippen LogP) is 3.86. The van der Waals surface area contributed by atoms with Crippen LogP contribution in [0.4, 0.5) is 0 Å². The zero-order valence-electron chi connectivity index (χ0n) is 10.5. The van der Waals surface area contributed by atoms with Crippen molar-refractivity contribution < 1.29 is 0 Å². The zero-order chi connectivity index (χ0) is 13.0. The number of hydrogen-bond donors (Lipinski definition) is 0. The van der Waals surface area contributed by atoms with Crippen molar-refractivity contribution >= 4 is 11.8 Å². The molecule has 0 amide bonds. The molecular weight excluding hydrogens is 240 g/mol. The van der Waals surface area contributed by atoms with Gasteiger partial charge in [-0.2, -0.15) is 5.26 Å². The maximum absolute atomic E-state index is 9.02. The van der Waals surface area contributed by atoms with E-state index in [1.807, 2.05) is 32.0 Å². The normalized spacial score (nSPS) is 10.1. The minimum Gasteiger partial charge on any atom is -0.259 e. The fourth-order valence-corrected chi connectivity index (χ4v) is 2.86. The first-order valence-corrected chi connectivity index (χ1v) is 6.74. The van der Waals surface area contributed by atoms with Crippen LogP contribution in [0, 0.1) is 25.2 Å². The highest BCUT2D eigenvalue weighted by molar-refractivity contribution is 7.98. The van der Waals surface area contributed by atoms with Crippen molar-refractivity contribution in [1.29, 1.82) is 5.26 Å². The lowest BCUT2D eigenvalue weighted by Crippen LogP contribution is -1.94. The van der Waals surface area contributed by atoms with Gasteiger partial charge in [0.2, 0.25) is 0 Å². The smallest absolute Gasteiger partial charge is 0.101 e. The molecule has 90 valence electrons. The number of thioether (sulfide) groups is 1. The van der Waals surface area contributed by atoms with Crippen LogP contribution in [0.25, 0.3) is 0 Å². The Morgan fingerprint density at radius 2 is 1.94 bits per heavy atom. The van der Waals surface area contributed by atoms with E-state index < -0.39 is 0 Å². The Morgan fingerprint density at radius 3 is 2.61 bits per heavy atom. The van der Waals surface area contributed by atoms with Crippen LogP contribution in [0.1, 0.15) is 22.4 Å². The third-order valence-electron chi connectivity index (χ3n) is 2.81.